The van der Waals surface area contributed by atoms with Crippen LogP contribution in [0.2, 0.25) is 0 Å². The van der Waals surface area contributed by atoms with E-state index in [1.165, 1.54) is 11.6 Å². The number of aliphatic carboxylic acids is 1. The predicted octanol–water partition coefficient (Wildman–Crippen LogP) is 2.76. The molecule has 0 unspecified atom stereocenters. The van der Waals surface area contributed by atoms with Crippen LogP contribution < -0.4 is 0 Å². The molecule has 1 N–H and O–H groups in total. The van der Waals surface area contributed by atoms with Gasteiger partial charge in [0.25, 0.3) is 0 Å². The molecule has 0 saturated heterocycles. The first-order valence-electron chi connectivity index (χ1n) is 4.50. The molecule has 0 fully saturated rings. The van der Waals surface area contributed by atoms with Crippen molar-refractivity contribution in [1.82, 2.24) is 0 Å². The Bertz CT molecular complexity index is 282. The number of hydrogen-bond donors (Lipinski definition) is 1. The van der Waals surface area contributed by atoms with Crippen LogP contribution in [0.25, 0.3) is 0 Å². The lowest BCUT2D eigenvalue weighted by atomic mass is 9.75. The van der Waals surface area contributed by atoms with Crippen molar-refractivity contribution in [2.45, 2.75) is 33.6 Å². The third kappa shape index (κ3) is 3.05. The maximum absolute atomic E-state index is 10.5. The van der Waals surface area contributed by atoms with Gasteiger partial charge in [-0.1, -0.05) is 25.5 Å². The van der Waals surface area contributed by atoms with Gasteiger partial charge >= 0.3 is 5.97 Å². The highest BCUT2D eigenvalue weighted by molar-refractivity contribution is 5.81. The zero-order chi connectivity index (χ0) is 10.1. The molecule has 13 heavy (non-hydrogen) atoms. The Balaban J connectivity index is 2.91. The second-order valence-corrected chi connectivity index (χ2v) is 4.57. The first kappa shape index (κ1) is 10.0. The number of carboxylic acids is 1. The third-order valence-corrected chi connectivity index (χ3v) is 2.18. The molecule has 0 aromatic rings. The van der Waals surface area contributed by atoms with Crippen molar-refractivity contribution in [1.29, 1.82) is 0 Å². The Morgan fingerprint density at radius 1 is 1.54 bits per heavy atom. The monoisotopic (exact) mass is 180 g/mol. The molecule has 0 bridgehead atoms. The van der Waals surface area contributed by atoms with Gasteiger partial charge in [0.15, 0.2) is 0 Å². The van der Waals surface area contributed by atoms with Gasteiger partial charge in [0.1, 0.15) is 0 Å². The molecular formula is C11H16O2. The lowest BCUT2D eigenvalue weighted by Gasteiger charge is -2.29. The molecule has 1 aliphatic rings. The van der Waals surface area contributed by atoms with Crippen LogP contribution in [0.5, 0.6) is 0 Å². The van der Waals surface area contributed by atoms with Gasteiger partial charge in [0, 0.05) is 6.08 Å². The maximum Gasteiger partial charge on any atom is 0.328 e. The van der Waals surface area contributed by atoms with E-state index in [0.717, 1.165) is 18.4 Å². The Morgan fingerprint density at radius 2 is 2.15 bits per heavy atom. The molecule has 0 spiro atoms. The molecule has 72 valence electrons. The Kier molecular flexibility index (Phi) is 2.60. The lowest BCUT2D eigenvalue weighted by molar-refractivity contribution is -0.131. The van der Waals surface area contributed by atoms with Crippen molar-refractivity contribution >= 4 is 5.97 Å². The first-order chi connectivity index (χ1) is 5.89. The molecule has 1 rings (SSSR count). The Hall–Kier alpha value is -1.05. The minimum Gasteiger partial charge on any atom is -0.478 e. The standard InChI is InChI=1S/C11H16O2/c1-8-4-9(5-10(12)13)7-11(2,3)6-8/h4-5H,6-7H2,1-3H3,(H,12,13)/b9-5+. The zero-order valence-electron chi connectivity index (χ0n) is 8.42. The van der Waals surface area contributed by atoms with Crippen molar-refractivity contribution in [2.75, 3.05) is 0 Å². The normalized spacial score (nSPS) is 24.2. The lowest BCUT2D eigenvalue weighted by Crippen LogP contribution is -2.16. The molecular weight excluding hydrogens is 164 g/mol. The topological polar surface area (TPSA) is 37.3 Å². The van der Waals surface area contributed by atoms with Crippen LogP contribution in [0.3, 0.4) is 0 Å². The fraction of sp³-hybridized carbons (Fsp3) is 0.545. The minimum absolute atomic E-state index is 0.208. The van der Waals surface area contributed by atoms with E-state index in [1.54, 1.807) is 0 Å². The van der Waals surface area contributed by atoms with Crippen LogP contribution in [0.1, 0.15) is 33.6 Å². The van der Waals surface area contributed by atoms with Crippen molar-refractivity contribution in [3.05, 3.63) is 23.3 Å². The molecule has 0 aromatic carbocycles. The molecule has 0 aliphatic heterocycles. The third-order valence-electron chi connectivity index (χ3n) is 2.18. The smallest absolute Gasteiger partial charge is 0.328 e. The van der Waals surface area contributed by atoms with Crippen molar-refractivity contribution in [2.24, 2.45) is 5.41 Å². The van der Waals surface area contributed by atoms with E-state index < -0.39 is 5.97 Å². The van der Waals surface area contributed by atoms with Crippen molar-refractivity contribution < 1.29 is 9.90 Å². The summed E-state index contributed by atoms with van der Waals surface area (Å²) in [6.45, 7) is 6.38. The summed E-state index contributed by atoms with van der Waals surface area (Å²) in [6, 6.07) is 0. The quantitative estimate of drug-likeness (QED) is 0.630. The van der Waals surface area contributed by atoms with E-state index in [2.05, 4.69) is 20.8 Å². The van der Waals surface area contributed by atoms with E-state index in [0.29, 0.717) is 0 Å². The van der Waals surface area contributed by atoms with Crippen LogP contribution in [0.4, 0.5) is 0 Å². The van der Waals surface area contributed by atoms with E-state index in [1.807, 2.05) is 6.08 Å². The van der Waals surface area contributed by atoms with E-state index in [9.17, 15) is 4.79 Å². The van der Waals surface area contributed by atoms with Crippen molar-refractivity contribution in [3.63, 3.8) is 0 Å². The summed E-state index contributed by atoms with van der Waals surface area (Å²) in [6.07, 6.45) is 5.21. The fourth-order valence-electron chi connectivity index (χ4n) is 2.04. The van der Waals surface area contributed by atoms with Gasteiger partial charge in [-0.15, -0.1) is 0 Å². The SMILES string of the molecule is CC1=C/C(=C\C(=O)O)CC(C)(C)C1. The van der Waals surface area contributed by atoms with Crippen LogP contribution >= 0.6 is 0 Å². The average molecular weight is 180 g/mol. The largest absolute Gasteiger partial charge is 0.478 e. The first-order valence-corrected chi connectivity index (χ1v) is 4.50. The maximum atomic E-state index is 10.5. The summed E-state index contributed by atoms with van der Waals surface area (Å²) in [5.74, 6) is -0.850. The zero-order valence-corrected chi connectivity index (χ0v) is 8.42. The molecule has 0 heterocycles. The molecule has 2 nitrogen and oxygen atoms in total. The predicted molar refractivity (Wildman–Crippen MR) is 52.5 cm³/mol. The van der Waals surface area contributed by atoms with Gasteiger partial charge in [-0.2, -0.15) is 0 Å². The highest BCUT2D eigenvalue weighted by Gasteiger charge is 2.23. The summed E-state index contributed by atoms with van der Waals surface area (Å²) in [7, 11) is 0. The molecule has 2 heteroatoms. The Morgan fingerprint density at radius 3 is 2.62 bits per heavy atom. The number of hydrogen-bond acceptors (Lipinski definition) is 1. The molecule has 0 amide bonds. The number of rotatable bonds is 1. The molecule has 1 aliphatic carbocycles. The summed E-state index contributed by atoms with van der Waals surface area (Å²) in [4.78, 5) is 10.5. The van der Waals surface area contributed by atoms with E-state index in [4.69, 9.17) is 5.11 Å². The Labute approximate surface area is 79.0 Å². The van der Waals surface area contributed by atoms with E-state index >= 15 is 0 Å². The summed E-state index contributed by atoms with van der Waals surface area (Å²) in [5, 5.41) is 8.62. The number of carboxylic acid groups (broad SMARTS) is 1. The highest BCUT2D eigenvalue weighted by atomic mass is 16.4. The van der Waals surface area contributed by atoms with Gasteiger partial charge in [0.05, 0.1) is 0 Å². The van der Waals surface area contributed by atoms with Gasteiger partial charge in [-0.3, -0.25) is 0 Å². The summed E-state index contributed by atoms with van der Waals surface area (Å²) >= 11 is 0. The molecule has 0 radical (unpaired) electrons. The molecule has 0 atom stereocenters. The summed E-state index contributed by atoms with van der Waals surface area (Å²) in [5.41, 5.74) is 2.41. The highest BCUT2D eigenvalue weighted by Crippen LogP contribution is 2.37. The van der Waals surface area contributed by atoms with Crippen molar-refractivity contribution in [3.8, 4) is 0 Å². The molecule has 0 saturated carbocycles. The fourth-order valence-corrected chi connectivity index (χ4v) is 2.04. The van der Waals surface area contributed by atoms with Crippen LogP contribution in [0, 0.1) is 5.41 Å². The van der Waals surface area contributed by atoms with E-state index in [-0.39, 0.29) is 5.41 Å². The average Bonchev–Trinajstić information content (AvgIpc) is 1.78. The van der Waals surface area contributed by atoms with Gasteiger partial charge in [0.2, 0.25) is 0 Å². The van der Waals surface area contributed by atoms with Gasteiger partial charge in [-0.25, -0.2) is 4.79 Å². The van der Waals surface area contributed by atoms with Crippen LogP contribution in [-0.2, 0) is 4.79 Å². The molecule has 0 aromatic heterocycles. The number of carbonyl (C=O) groups is 1. The minimum atomic E-state index is -0.850. The van der Waals surface area contributed by atoms with Gasteiger partial charge in [-0.05, 0) is 30.8 Å². The van der Waals surface area contributed by atoms with Crippen LogP contribution in [-0.4, -0.2) is 11.1 Å². The van der Waals surface area contributed by atoms with Crippen LogP contribution in [0.15, 0.2) is 23.3 Å². The van der Waals surface area contributed by atoms with Gasteiger partial charge < -0.3 is 5.11 Å². The summed E-state index contributed by atoms with van der Waals surface area (Å²) < 4.78 is 0. The second kappa shape index (κ2) is 3.36. The second-order valence-electron chi connectivity index (χ2n) is 4.57. The number of allylic oxidation sites excluding steroid dienone is 3.